The molecule has 4 heteroatoms. The van der Waals surface area contributed by atoms with E-state index in [-0.39, 0.29) is 0 Å². The van der Waals surface area contributed by atoms with Gasteiger partial charge in [-0.2, -0.15) is 4.98 Å². The highest BCUT2D eigenvalue weighted by Gasteiger charge is 2.02. The Bertz CT molecular complexity index is 436. The van der Waals surface area contributed by atoms with Crippen LogP contribution in [0.4, 0.5) is 6.01 Å². The molecule has 1 aromatic carbocycles. The minimum Gasteiger partial charge on any atom is -0.432 e. The first-order chi connectivity index (χ1) is 7.28. The first kappa shape index (κ1) is 10.1. The number of nitrogens with zero attached hydrogens (tertiary/aromatic N) is 1. The summed E-state index contributed by atoms with van der Waals surface area (Å²) in [5, 5.41) is 3.59. The average molecular weight is 223 g/mol. The van der Waals surface area contributed by atoms with Gasteiger partial charge in [-0.3, -0.25) is 0 Å². The minimum absolute atomic E-state index is 0.541. The van der Waals surface area contributed by atoms with E-state index in [0.717, 1.165) is 22.7 Å². The van der Waals surface area contributed by atoms with Gasteiger partial charge in [0.05, 0.1) is 5.69 Å². The van der Waals surface area contributed by atoms with Crippen LogP contribution >= 0.6 is 11.6 Å². The van der Waals surface area contributed by atoms with E-state index in [9.17, 15) is 0 Å². The van der Waals surface area contributed by atoms with Gasteiger partial charge in [0.2, 0.25) is 0 Å². The van der Waals surface area contributed by atoms with Crippen LogP contribution < -0.4 is 5.32 Å². The quantitative estimate of drug-likeness (QED) is 0.868. The number of halogens is 1. The van der Waals surface area contributed by atoms with Crippen molar-refractivity contribution in [1.29, 1.82) is 0 Å². The van der Waals surface area contributed by atoms with Gasteiger partial charge >= 0.3 is 0 Å². The van der Waals surface area contributed by atoms with E-state index in [2.05, 4.69) is 10.3 Å². The predicted octanol–water partition coefficient (Wildman–Crippen LogP) is 2.96. The first-order valence-electron chi connectivity index (χ1n) is 4.64. The van der Waals surface area contributed by atoms with E-state index < -0.39 is 0 Å². The minimum atomic E-state index is 0.541. The first-order valence-corrected chi connectivity index (χ1v) is 5.02. The molecule has 0 aliphatic rings. The summed E-state index contributed by atoms with van der Waals surface area (Å²) in [6.07, 6.45) is 2.41. The van der Waals surface area contributed by atoms with Crippen LogP contribution in [0.1, 0.15) is 11.3 Å². The zero-order valence-corrected chi connectivity index (χ0v) is 9.08. The lowest BCUT2D eigenvalue weighted by atomic mass is 10.1. The van der Waals surface area contributed by atoms with Gasteiger partial charge in [0.25, 0.3) is 6.01 Å². The highest BCUT2D eigenvalue weighted by molar-refractivity contribution is 6.30. The second kappa shape index (κ2) is 4.36. The van der Waals surface area contributed by atoms with E-state index in [1.807, 2.05) is 24.3 Å². The lowest BCUT2D eigenvalue weighted by molar-refractivity contribution is 0.574. The van der Waals surface area contributed by atoms with Crippen LogP contribution in [0, 0.1) is 0 Å². The van der Waals surface area contributed by atoms with Crippen LogP contribution in [0.25, 0.3) is 0 Å². The maximum atomic E-state index is 5.80. The van der Waals surface area contributed by atoms with E-state index in [0.29, 0.717) is 6.01 Å². The monoisotopic (exact) mass is 222 g/mol. The van der Waals surface area contributed by atoms with Crippen molar-refractivity contribution in [3.05, 3.63) is 46.8 Å². The fourth-order valence-electron chi connectivity index (χ4n) is 1.31. The molecule has 0 saturated carbocycles. The molecule has 0 aliphatic carbocycles. The summed E-state index contributed by atoms with van der Waals surface area (Å²) in [5.41, 5.74) is 2.07. The summed E-state index contributed by atoms with van der Waals surface area (Å²) < 4.78 is 5.16. The zero-order valence-electron chi connectivity index (χ0n) is 8.33. The molecule has 0 saturated heterocycles. The molecule has 0 radical (unpaired) electrons. The Morgan fingerprint density at radius 3 is 2.67 bits per heavy atom. The molecule has 0 spiro atoms. The number of rotatable bonds is 3. The molecule has 3 nitrogen and oxygen atoms in total. The largest absolute Gasteiger partial charge is 0.432 e. The molecule has 78 valence electrons. The Hall–Kier alpha value is -1.48. The van der Waals surface area contributed by atoms with Gasteiger partial charge in [0.15, 0.2) is 0 Å². The van der Waals surface area contributed by atoms with Crippen molar-refractivity contribution in [1.82, 2.24) is 4.98 Å². The molecule has 0 amide bonds. The second-order valence-electron chi connectivity index (χ2n) is 3.20. The molecule has 0 fully saturated rings. The lowest BCUT2D eigenvalue weighted by Crippen LogP contribution is -1.90. The number of hydrogen-bond donors (Lipinski definition) is 1. The lowest BCUT2D eigenvalue weighted by Gasteiger charge is -1.97. The molecule has 15 heavy (non-hydrogen) atoms. The molecule has 1 N–H and O–H groups in total. The number of aromatic nitrogens is 1. The molecule has 0 unspecified atom stereocenters. The van der Waals surface area contributed by atoms with Crippen molar-refractivity contribution < 1.29 is 4.42 Å². The van der Waals surface area contributed by atoms with Crippen molar-refractivity contribution in [2.75, 3.05) is 12.4 Å². The van der Waals surface area contributed by atoms with Crippen LogP contribution in [0.5, 0.6) is 0 Å². The second-order valence-corrected chi connectivity index (χ2v) is 3.63. The van der Waals surface area contributed by atoms with Crippen molar-refractivity contribution in [3.8, 4) is 0 Å². The van der Waals surface area contributed by atoms with Gasteiger partial charge in [0.1, 0.15) is 6.26 Å². The molecule has 1 heterocycles. The summed E-state index contributed by atoms with van der Waals surface area (Å²) in [5.74, 6) is 0. The Kier molecular flexibility index (Phi) is 2.92. The smallest absolute Gasteiger partial charge is 0.294 e. The van der Waals surface area contributed by atoms with Crippen LogP contribution in [0.3, 0.4) is 0 Å². The Labute approximate surface area is 93.1 Å². The Morgan fingerprint density at radius 2 is 2.07 bits per heavy atom. The van der Waals surface area contributed by atoms with Crippen molar-refractivity contribution in [3.63, 3.8) is 0 Å². The molecule has 1 aromatic heterocycles. The molecule has 2 rings (SSSR count). The molecule has 0 aliphatic heterocycles. The molecule has 0 bridgehead atoms. The van der Waals surface area contributed by atoms with E-state index in [1.165, 1.54) is 0 Å². The third kappa shape index (κ3) is 2.50. The van der Waals surface area contributed by atoms with Gasteiger partial charge in [-0.15, -0.1) is 0 Å². The molecular weight excluding hydrogens is 212 g/mol. The maximum Gasteiger partial charge on any atom is 0.294 e. The highest BCUT2D eigenvalue weighted by atomic mass is 35.5. The third-order valence-corrected chi connectivity index (χ3v) is 2.32. The molecule has 2 aromatic rings. The predicted molar refractivity (Wildman–Crippen MR) is 60.3 cm³/mol. The van der Waals surface area contributed by atoms with Gasteiger partial charge in [-0.05, 0) is 17.7 Å². The standard InChI is InChI=1S/C11H11ClN2O/c1-13-11-14-10(7-15-11)6-8-2-4-9(12)5-3-8/h2-5,7H,6H2,1H3,(H,13,14). The number of hydrogen-bond acceptors (Lipinski definition) is 3. The maximum absolute atomic E-state index is 5.80. The van der Waals surface area contributed by atoms with Gasteiger partial charge in [-0.1, -0.05) is 23.7 Å². The summed E-state index contributed by atoms with van der Waals surface area (Å²) in [7, 11) is 1.78. The van der Waals surface area contributed by atoms with E-state index >= 15 is 0 Å². The third-order valence-electron chi connectivity index (χ3n) is 2.06. The van der Waals surface area contributed by atoms with Gasteiger partial charge in [-0.25, -0.2) is 0 Å². The summed E-state index contributed by atoms with van der Waals surface area (Å²) in [6.45, 7) is 0. The van der Waals surface area contributed by atoms with Crippen molar-refractivity contribution in [2.45, 2.75) is 6.42 Å². The summed E-state index contributed by atoms with van der Waals surface area (Å²) >= 11 is 5.80. The number of nitrogens with one attached hydrogen (secondary N) is 1. The van der Waals surface area contributed by atoms with E-state index in [1.54, 1.807) is 13.3 Å². The number of anilines is 1. The van der Waals surface area contributed by atoms with Crippen molar-refractivity contribution >= 4 is 17.6 Å². The highest BCUT2D eigenvalue weighted by Crippen LogP contribution is 2.14. The van der Waals surface area contributed by atoms with Crippen LogP contribution in [0.2, 0.25) is 5.02 Å². The van der Waals surface area contributed by atoms with Crippen LogP contribution in [0.15, 0.2) is 34.9 Å². The van der Waals surface area contributed by atoms with E-state index in [4.69, 9.17) is 16.0 Å². The Morgan fingerprint density at radius 1 is 1.33 bits per heavy atom. The normalized spacial score (nSPS) is 10.3. The fraction of sp³-hybridized carbons (Fsp3) is 0.182. The van der Waals surface area contributed by atoms with Crippen molar-refractivity contribution in [2.24, 2.45) is 0 Å². The van der Waals surface area contributed by atoms with Gasteiger partial charge in [0, 0.05) is 18.5 Å². The SMILES string of the molecule is CNc1nc(Cc2ccc(Cl)cc2)co1. The topological polar surface area (TPSA) is 38.1 Å². The zero-order chi connectivity index (χ0) is 10.7. The average Bonchev–Trinajstić information content (AvgIpc) is 2.69. The fourth-order valence-corrected chi connectivity index (χ4v) is 1.44. The Balaban J connectivity index is 2.11. The molecule has 0 atom stereocenters. The summed E-state index contributed by atoms with van der Waals surface area (Å²) in [6, 6.07) is 8.25. The summed E-state index contributed by atoms with van der Waals surface area (Å²) in [4.78, 5) is 4.24. The van der Waals surface area contributed by atoms with Gasteiger partial charge < -0.3 is 9.73 Å². The number of benzene rings is 1. The molecular formula is C11H11ClN2O. The number of oxazole rings is 1. The van der Waals surface area contributed by atoms with Crippen LogP contribution in [-0.2, 0) is 6.42 Å². The van der Waals surface area contributed by atoms with Crippen LogP contribution in [-0.4, -0.2) is 12.0 Å².